The molecule has 106 valence electrons. The zero-order valence-corrected chi connectivity index (χ0v) is 11.4. The molecular formula is C14H14N6O. The molecule has 21 heavy (non-hydrogen) atoms. The predicted molar refractivity (Wildman–Crippen MR) is 73.4 cm³/mol. The fourth-order valence-electron chi connectivity index (χ4n) is 3.05. The summed E-state index contributed by atoms with van der Waals surface area (Å²) in [5, 5.41) is 17.1. The van der Waals surface area contributed by atoms with Gasteiger partial charge >= 0.3 is 0 Å². The van der Waals surface area contributed by atoms with Crippen LogP contribution in [0.15, 0.2) is 24.4 Å². The molecule has 4 heterocycles. The van der Waals surface area contributed by atoms with Crippen molar-refractivity contribution in [3.05, 3.63) is 35.8 Å². The Morgan fingerprint density at radius 3 is 3.24 bits per heavy atom. The van der Waals surface area contributed by atoms with Crippen LogP contribution < -0.4 is 4.90 Å². The van der Waals surface area contributed by atoms with Gasteiger partial charge in [-0.3, -0.25) is 0 Å². The Morgan fingerprint density at radius 1 is 1.38 bits per heavy atom. The highest BCUT2D eigenvalue weighted by molar-refractivity contribution is 5.42. The van der Waals surface area contributed by atoms with Crippen LogP contribution in [0.5, 0.6) is 0 Å². The van der Waals surface area contributed by atoms with Crippen molar-refractivity contribution >= 4 is 5.82 Å². The number of fused-ring (bicyclic) bond motifs is 3. The maximum Gasteiger partial charge on any atom is 0.142 e. The van der Waals surface area contributed by atoms with E-state index < -0.39 is 0 Å². The number of ether oxygens (including phenoxy) is 1. The van der Waals surface area contributed by atoms with Crippen LogP contribution in [0.4, 0.5) is 5.82 Å². The third-order valence-corrected chi connectivity index (χ3v) is 4.10. The number of hydrogen-bond acceptors (Lipinski definition) is 6. The van der Waals surface area contributed by atoms with Gasteiger partial charge in [0.2, 0.25) is 0 Å². The highest BCUT2D eigenvalue weighted by Gasteiger charge is 2.36. The van der Waals surface area contributed by atoms with Crippen molar-refractivity contribution in [2.24, 2.45) is 0 Å². The summed E-state index contributed by atoms with van der Waals surface area (Å²) in [5.74, 6) is 0.833. The summed E-state index contributed by atoms with van der Waals surface area (Å²) in [6, 6.07) is 7.76. The molecule has 7 heteroatoms. The predicted octanol–water partition coefficient (Wildman–Crippen LogP) is 0.895. The molecule has 0 aliphatic carbocycles. The van der Waals surface area contributed by atoms with Gasteiger partial charge in [0.05, 0.1) is 30.6 Å². The lowest BCUT2D eigenvalue weighted by Crippen LogP contribution is -2.48. The Kier molecular flexibility index (Phi) is 2.82. The standard InChI is InChI=1S/C14H14N6O/c15-6-10-2-1-3-14(17-10)19-5-4-13-12(8-19)20-11(9-21-13)7-16-18-20/h1-3,7,12-13H,4-5,8-9H2/t12-,13-/m0/s1. The molecule has 2 atom stereocenters. The molecule has 0 radical (unpaired) electrons. The summed E-state index contributed by atoms with van der Waals surface area (Å²) in [7, 11) is 0. The molecule has 0 bridgehead atoms. The van der Waals surface area contributed by atoms with E-state index in [1.165, 1.54) is 0 Å². The largest absolute Gasteiger partial charge is 0.370 e. The zero-order chi connectivity index (χ0) is 14.2. The Bertz CT molecular complexity index is 705. The molecular weight excluding hydrogens is 268 g/mol. The van der Waals surface area contributed by atoms with Gasteiger partial charge in [0.1, 0.15) is 17.6 Å². The van der Waals surface area contributed by atoms with Gasteiger partial charge in [0.15, 0.2) is 0 Å². The van der Waals surface area contributed by atoms with Crippen molar-refractivity contribution in [3.63, 3.8) is 0 Å². The SMILES string of the molecule is N#Cc1cccc(N2CC[C@@H]3OCc4cnnn4[C@H]3C2)n1. The van der Waals surface area contributed by atoms with E-state index in [0.717, 1.165) is 31.0 Å². The maximum absolute atomic E-state index is 8.98. The lowest BCUT2D eigenvalue weighted by atomic mass is 10.0. The highest BCUT2D eigenvalue weighted by Crippen LogP contribution is 2.31. The average molecular weight is 282 g/mol. The lowest BCUT2D eigenvalue weighted by Gasteiger charge is -2.41. The molecule has 2 aromatic rings. The van der Waals surface area contributed by atoms with Crippen LogP contribution in [0.25, 0.3) is 0 Å². The number of pyridine rings is 1. The Balaban J connectivity index is 1.62. The van der Waals surface area contributed by atoms with Crippen LogP contribution in [0.3, 0.4) is 0 Å². The summed E-state index contributed by atoms with van der Waals surface area (Å²) in [4.78, 5) is 6.56. The summed E-state index contributed by atoms with van der Waals surface area (Å²) in [6.07, 6.45) is 2.85. The van der Waals surface area contributed by atoms with E-state index >= 15 is 0 Å². The quantitative estimate of drug-likeness (QED) is 0.773. The van der Waals surface area contributed by atoms with Crippen LogP contribution in [0.2, 0.25) is 0 Å². The van der Waals surface area contributed by atoms with Gasteiger partial charge in [0, 0.05) is 13.1 Å². The molecule has 0 aromatic carbocycles. The molecule has 2 aliphatic heterocycles. The van der Waals surface area contributed by atoms with Crippen molar-refractivity contribution in [1.82, 2.24) is 20.0 Å². The van der Waals surface area contributed by atoms with Crippen molar-refractivity contribution < 1.29 is 4.74 Å². The molecule has 0 unspecified atom stereocenters. The molecule has 7 nitrogen and oxygen atoms in total. The number of aromatic nitrogens is 4. The van der Waals surface area contributed by atoms with E-state index in [-0.39, 0.29) is 12.1 Å². The van der Waals surface area contributed by atoms with Gasteiger partial charge in [-0.05, 0) is 18.6 Å². The molecule has 0 amide bonds. The normalized spacial score (nSPS) is 24.0. The van der Waals surface area contributed by atoms with E-state index in [1.807, 2.05) is 16.8 Å². The molecule has 4 rings (SSSR count). The van der Waals surface area contributed by atoms with Crippen molar-refractivity contribution in [2.45, 2.75) is 25.2 Å². The first kappa shape index (κ1) is 12.3. The monoisotopic (exact) mass is 282 g/mol. The number of hydrogen-bond donors (Lipinski definition) is 0. The minimum Gasteiger partial charge on any atom is -0.370 e. The molecule has 2 aromatic heterocycles. The van der Waals surface area contributed by atoms with Gasteiger partial charge in [-0.2, -0.15) is 5.26 Å². The van der Waals surface area contributed by atoms with Crippen molar-refractivity contribution in [3.8, 4) is 6.07 Å². The summed E-state index contributed by atoms with van der Waals surface area (Å²) in [6.45, 7) is 2.21. The highest BCUT2D eigenvalue weighted by atomic mass is 16.5. The smallest absolute Gasteiger partial charge is 0.142 e. The number of rotatable bonds is 1. The topological polar surface area (TPSA) is 79.9 Å². The van der Waals surface area contributed by atoms with E-state index in [9.17, 15) is 0 Å². The molecule has 0 spiro atoms. The van der Waals surface area contributed by atoms with E-state index in [2.05, 4.69) is 26.3 Å². The van der Waals surface area contributed by atoms with Crippen LogP contribution in [-0.2, 0) is 11.3 Å². The summed E-state index contributed by atoms with van der Waals surface area (Å²) in [5.41, 5.74) is 1.45. The first-order valence-electron chi connectivity index (χ1n) is 6.98. The van der Waals surface area contributed by atoms with Gasteiger partial charge in [-0.1, -0.05) is 11.3 Å². The maximum atomic E-state index is 8.98. The molecule has 1 saturated heterocycles. The molecule has 0 N–H and O–H groups in total. The van der Waals surface area contributed by atoms with Crippen molar-refractivity contribution in [2.75, 3.05) is 18.0 Å². The van der Waals surface area contributed by atoms with E-state index in [0.29, 0.717) is 12.3 Å². The molecule has 0 saturated carbocycles. The fraction of sp³-hybridized carbons (Fsp3) is 0.429. The number of nitrogens with zero attached hydrogens (tertiary/aromatic N) is 6. The third kappa shape index (κ3) is 2.04. The summed E-state index contributed by atoms with van der Waals surface area (Å²) < 4.78 is 7.86. The van der Waals surface area contributed by atoms with E-state index in [4.69, 9.17) is 10.00 Å². The average Bonchev–Trinajstić information content (AvgIpc) is 3.03. The number of piperidine rings is 1. The van der Waals surface area contributed by atoms with Crippen LogP contribution in [-0.4, -0.2) is 39.2 Å². The first-order valence-corrected chi connectivity index (χ1v) is 6.98. The molecule has 2 aliphatic rings. The Morgan fingerprint density at radius 2 is 2.33 bits per heavy atom. The van der Waals surface area contributed by atoms with Gasteiger partial charge in [0.25, 0.3) is 0 Å². The summed E-state index contributed by atoms with van der Waals surface area (Å²) >= 11 is 0. The van der Waals surface area contributed by atoms with Gasteiger partial charge < -0.3 is 9.64 Å². The third-order valence-electron chi connectivity index (χ3n) is 4.10. The molecule has 1 fully saturated rings. The van der Waals surface area contributed by atoms with Crippen molar-refractivity contribution in [1.29, 1.82) is 5.26 Å². The van der Waals surface area contributed by atoms with Gasteiger partial charge in [-0.15, -0.1) is 5.10 Å². The second kappa shape index (κ2) is 4.82. The minimum absolute atomic E-state index is 0.151. The number of nitriles is 1. The first-order chi connectivity index (χ1) is 10.3. The Hall–Kier alpha value is -2.46. The van der Waals surface area contributed by atoms with Gasteiger partial charge in [-0.25, -0.2) is 9.67 Å². The van der Waals surface area contributed by atoms with E-state index in [1.54, 1.807) is 12.3 Å². The Labute approximate surface area is 121 Å². The second-order valence-electron chi connectivity index (χ2n) is 5.31. The van der Waals surface area contributed by atoms with Crippen LogP contribution >= 0.6 is 0 Å². The van der Waals surface area contributed by atoms with Crippen LogP contribution in [0, 0.1) is 11.3 Å². The number of anilines is 1. The fourth-order valence-corrected chi connectivity index (χ4v) is 3.05. The van der Waals surface area contributed by atoms with Crippen LogP contribution in [0.1, 0.15) is 23.9 Å². The second-order valence-corrected chi connectivity index (χ2v) is 5.31. The lowest BCUT2D eigenvalue weighted by molar-refractivity contribution is -0.0373. The minimum atomic E-state index is 0.151. The zero-order valence-electron chi connectivity index (χ0n) is 11.4.